The van der Waals surface area contributed by atoms with Gasteiger partial charge in [-0.1, -0.05) is 78.9 Å². The number of ether oxygens (including phenoxy) is 2. The van der Waals surface area contributed by atoms with Crippen molar-refractivity contribution in [2.45, 2.75) is 43.6 Å². The Bertz CT molecular complexity index is 1110. The Kier molecular flexibility index (Phi) is 6.38. The lowest BCUT2D eigenvalue weighted by molar-refractivity contribution is -0.227. The molecule has 34 heavy (non-hydrogen) atoms. The number of halogens is 3. The molecular formula is C26H25F3N2O3. The van der Waals surface area contributed by atoms with Crippen LogP contribution in [-0.2, 0) is 15.1 Å². The Balaban J connectivity index is 1.80. The predicted octanol–water partition coefficient (Wildman–Crippen LogP) is 5.06. The van der Waals surface area contributed by atoms with Gasteiger partial charge in [-0.05, 0) is 37.1 Å². The van der Waals surface area contributed by atoms with E-state index in [1.54, 1.807) is 37.3 Å². The largest absolute Gasteiger partial charge is 0.491 e. The Hall–Kier alpha value is -3.36. The van der Waals surface area contributed by atoms with Crippen LogP contribution in [0.25, 0.3) is 0 Å². The second kappa shape index (κ2) is 9.12. The lowest BCUT2D eigenvalue weighted by Crippen LogP contribution is -2.64. The number of esters is 1. The van der Waals surface area contributed by atoms with E-state index in [4.69, 9.17) is 9.47 Å². The van der Waals surface area contributed by atoms with E-state index in [0.717, 1.165) is 11.1 Å². The van der Waals surface area contributed by atoms with Crippen LogP contribution in [0.4, 0.5) is 13.2 Å². The number of rotatable bonds is 6. The lowest BCUT2D eigenvalue weighted by Gasteiger charge is -2.37. The molecule has 5 nitrogen and oxygen atoms in total. The third-order valence-electron chi connectivity index (χ3n) is 6.00. The molecule has 4 rings (SSSR count). The summed E-state index contributed by atoms with van der Waals surface area (Å²) in [6.07, 6.45) is -6.23. The average Bonchev–Trinajstić information content (AvgIpc) is 3.15. The molecule has 4 atom stereocenters. The minimum atomic E-state index is -5.18. The van der Waals surface area contributed by atoms with E-state index in [2.05, 4.69) is 10.6 Å². The van der Waals surface area contributed by atoms with Crippen molar-refractivity contribution in [3.63, 3.8) is 0 Å². The SMILES string of the molecule is CC(Oc1ccccc1)C1(OC(=O)C(F)(F)F)NC(c2ccccc2)C(C)(c2ccccc2)N1. The van der Waals surface area contributed by atoms with E-state index in [1.807, 2.05) is 67.6 Å². The molecule has 178 valence electrons. The van der Waals surface area contributed by atoms with Crippen molar-refractivity contribution in [2.75, 3.05) is 0 Å². The highest BCUT2D eigenvalue weighted by Gasteiger charge is 2.60. The maximum absolute atomic E-state index is 13.3. The number of para-hydroxylation sites is 1. The fourth-order valence-electron chi connectivity index (χ4n) is 4.29. The summed E-state index contributed by atoms with van der Waals surface area (Å²) >= 11 is 0. The highest BCUT2D eigenvalue weighted by atomic mass is 19.4. The zero-order chi connectivity index (χ0) is 24.4. The summed E-state index contributed by atoms with van der Waals surface area (Å²) in [5.74, 6) is -3.89. The summed E-state index contributed by atoms with van der Waals surface area (Å²) in [6, 6.07) is 26.6. The zero-order valence-electron chi connectivity index (χ0n) is 18.7. The molecule has 3 aromatic carbocycles. The molecule has 0 spiro atoms. The van der Waals surface area contributed by atoms with E-state index >= 15 is 0 Å². The maximum Gasteiger partial charge on any atom is 0.491 e. The first-order valence-corrected chi connectivity index (χ1v) is 10.8. The summed E-state index contributed by atoms with van der Waals surface area (Å²) < 4.78 is 51.1. The maximum atomic E-state index is 13.3. The highest BCUT2D eigenvalue weighted by Crippen LogP contribution is 2.44. The number of carbonyl (C=O) groups is 1. The van der Waals surface area contributed by atoms with Crippen LogP contribution in [0.15, 0.2) is 91.0 Å². The van der Waals surface area contributed by atoms with E-state index in [0.29, 0.717) is 5.75 Å². The van der Waals surface area contributed by atoms with Crippen molar-refractivity contribution in [1.29, 1.82) is 0 Å². The first-order chi connectivity index (χ1) is 16.1. The minimum Gasteiger partial charge on any atom is -0.483 e. The Labute approximate surface area is 195 Å². The number of carbonyl (C=O) groups excluding carboxylic acids is 1. The summed E-state index contributed by atoms with van der Waals surface area (Å²) in [5, 5.41) is 6.34. The van der Waals surface area contributed by atoms with Crippen LogP contribution in [0.3, 0.4) is 0 Å². The van der Waals surface area contributed by atoms with Gasteiger partial charge in [0.05, 0.1) is 11.6 Å². The molecule has 8 heteroatoms. The summed E-state index contributed by atoms with van der Waals surface area (Å²) in [4.78, 5) is 12.1. The van der Waals surface area contributed by atoms with Crippen molar-refractivity contribution < 1.29 is 27.4 Å². The third kappa shape index (κ3) is 4.64. The molecule has 0 amide bonds. The van der Waals surface area contributed by atoms with Crippen LogP contribution in [0.2, 0.25) is 0 Å². The Morgan fingerprint density at radius 3 is 2.00 bits per heavy atom. The van der Waals surface area contributed by atoms with Gasteiger partial charge in [0, 0.05) is 0 Å². The first kappa shape index (κ1) is 23.8. The van der Waals surface area contributed by atoms with Gasteiger partial charge < -0.3 is 9.47 Å². The fourth-order valence-corrected chi connectivity index (χ4v) is 4.29. The zero-order valence-corrected chi connectivity index (χ0v) is 18.7. The van der Waals surface area contributed by atoms with Gasteiger partial charge >= 0.3 is 12.1 Å². The molecule has 3 aromatic rings. The van der Waals surface area contributed by atoms with Crippen LogP contribution in [0.5, 0.6) is 5.75 Å². The van der Waals surface area contributed by atoms with Gasteiger partial charge in [-0.15, -0.1) is 0 Å². The van der Waals surface area contributed by atoms with Crippen LogP contribution < -0.4 is 15.4 Å². The molecule has 1 fully saturated rings. The molecule has 0 radical (unpaired) electrons. The topological polar surface area (TPSA) is 59.6 Å². The monoisotopic (exact) mass is 470 g/mol. The van der Waals surface area contributed by atoms with Crippen LogP contribution in [0, 0.1) is 0 Å². The van der Waals surface area contributed by atoms with E-state index < -0.39 is 35.7 Å². The number of hydrogen-bond acceptors (Lipinski definition) is 5. The first-order valence-electron chi connectivity index (χ1n) is 10.8. The normalized spacial score (nSPS) is 25.5. The summed E-state index contributed by atoms with van der Waals surface area (Å²) in [5.41, 5.74) is 0.648. The van der Waals surface area contributed by atoms with Gasteiger partial charge in [0.1, 0.15) is 5.75 Å². The van der Waals surface area contributed by atoms with Gasteiger partial charge in [-0.2, -0.15) is 13.2 Å². The van der Waals surface area contributed by atoms with E-state index in [-0.39, 0.29) is 0 Å². The van der Waals surface area contributed by atoms with Crippen LogP contribution in [0.1, 0.15) is 31.0 Å². The van der Waals surface area contributed by atoms with Gasteiger partial charge in [-0.3, -0.25) is 10.6 Å². The van der Waals surface area contributed by atoms with Gasteiger partial charge in [0.2, 0.25) is 0 Å². The Morgan fingerprint density at radius 1 is 0.912 bits per heavy atom. The molecule has 2 N–H and O–H groups in total. The van der Waals surface area contributed by atoms with Gasteiger partial charge in [0.15, 0.2) is 6.10 Å². The second-order valence-corrected chi connectivity index (χ2v) is 8.38. The predicted molar refractivity (Wildman–Crippen MR) is 121 cm³/mol. The van der Waals surface area contributed by atoms with Crippen molar-refractivity contribution in [3.05, 3.63) is 102 Å². The number of hydrogen-bond donors (Lipinski definition) is 2. The molecule has 4 unspecified atom stereocenters. The van der Waals surface area contributed by atoms with Crippen LogP contribution >= 0.6 is 0 Å². The minimum absolute atomic E-state index is 0.422. The average molecular weight is 470 g/mol. The molecule has 1 aliphatic rings. The number of alkyl halides is 3. The lowest BCUT2D eigenvalue weighted by atomic mass is 9.82. The highest BCUT2D eigenvalue weighted by molar-refractivity contribution is 5.76. The fraction of sp³-hybridized carbons (Fsp3) is 0.269. The molecule has 1 saturated heterocycles. The molecule has 0 aromatic heterocycles. The summed E-state index contributed by atoms with van der Waals surface area (Å²) in [7, 11) is 0. The van der Waals surface area contributed by atoms with Crippen LogP contribution in [-0.4, -0.2) is 24.1 Å². The smallest absolute Gasteiger partial charge is 0.483 e. The molecular weight excluding hydrogens is 445 g/mol. The molecule has 0 aliphatic carbocycles. The number of nitrogens with one attached hydrogen (secondary N) is 2. The van der Waals surface area contributed by atoms with Crippen molar-refractivity contribution >= 4 is 5.97 Å². The second-order valence-electron chi connectivity index (χ2n) is 8.38. The standard InChI is InChI=1S/C26H25F3N2O3/c1-18(33-21-16-10-5-11-17-21)26(34-23(32)25(27,28)29)30-22(19-12-6-3-7-13-19)24(2,31-26)20-14-8-4-9-15-20/h3-18,22,30-31H,1-2H3. The van der Waals surface area contributed by atoms with Crippen molar-refractivity contribution in [1.82, 2.24) is 10.6 Å². The molecule has 1 heterocycles. The quantitative estimate of drug-likeness (QED) is 0.493. The number of benzene rings is 3. The Morgan fingerprint density at radius 2 is 1.44 bits per heavy atom. The summed E-state index contributed by atoms with van der Waals surface area (Å²) in [6.45, 7) is 3.40. The van der Waals surface area contributed by atoms with Gasteiger partial charge in [0.25, 0.3) is 5.85 Å². The molecule has 1 aliphatic heterocycles. The molecule has 0 bridgehead atoms. The molecule has 0 saturated carbocycles. The van der Waals surface area contributed by atoms with E-state index in [1.165, 1.54) is 0 Å². The van der Waals surface area contributed by atoms with Crippen molar-refractivity contribution in [2.24, 2.45) is 0 Å². The van der Waals surface area contributed by atoms with E-state index in [9.17, 15) is 18.0 Å². The van der Waals surface area contributed by atoms with Crippen molar-refractivity contribution in [3.8, 4) is 5.75 Å². The third-order valence-corrected chi connectivity index (χ3v) is 6.00. The van der Waals surface area contributed by atoms with Gasteiger partial charge in [-0.25, -0.2) is 4.79 Å².